The number of carbonyl (C=O) groups is 1. The van der Waals surface area contributed by atoms with E-state index in [2.05, 4.69) is 10.0 Å². The molecule has 106 valence electrons. The number of nitrogens with one attached hydrogen (secondary N) is 2. The first kappa shape index (κ1) is 15.4. The molecule has 0 saturated heterocycles. The number of carbonyl (C=O) groups excluding carboxylic acids is 1. The summed E-state index contributed by atoms with van der Waals surface area (Å²) in [7, 11) is -1.97. The summed E-state index contributed by atoms with van der Waals surface area (Å²) in [6.07, 6.45) is 0.305. The maximum Gasteiger partial charge on any atom is 0.254 e. The van der Waals surface area contributed by atoms with Crippen LogP contribution in [-0.4, -0.2) is 40.3 Å². The summed E-state index contributed by atoms with van der Waals surface area (Å²) in [6.45, 7) is 0.0591. The first-order valence-corrected chi connectivity index (χ1v) is 7.36. The van der Waals surface area contributed by atoms with E-state index in [9.17, 15) is 13.2 Å². The van der Waals surface area contributed by atoms with Crippen molar-refractivity contribution in [2.75, 3.05) is 29.9 Å². The van der Waals surface area contributed by atoms with Crippen molar-refractivity contribution in [2.24, 2.45) is 5.73 Å². The molecule has 7 nitrogen and oxygen atoms in total. The lowest BCUT2D eigenvalue weighted by atomic mass is 10.2. The summed E-state index contributed by atoms with van der Waals surface area (Å²) in [4.78, 5) is 11.7. The molecule has 0 spiro atoms. The predicted molar refractivity (Wildman–Crippen MR) is 73.4 cm³/mol. The topological polar surface area (TPSA) is 111 Å². The lowest BCUT2D eigenvalue weighted by molar-refractivity contribution is -0.125. The maximum atomic E-state index is 11.7. The zero-order valence-electron chi connectivity index (χ0n) is 10.7. The smallest absolute Gasteiger partial charge is 0.254 e. The molecule has 19 heavy (non-hydrogen) atoms. The highest BCUT2D eigenvalue weighted by atomic mass is 32.2. The third-order valence-electron chi connectivity index (χ3n) is 2.22. The molecular weight excluding hydrogens is 270 g/mol. The van der Waals surface area contributed by atoms with Crippen LogP contribution in [0.1, 0.15) is 0 Å². The van der Waals surface area contributed by atoms with Crippen LogP contribution in [0.2, 0.25) is 0 Å². The van der Waals surface area contributed by atoms with Crippen LogP contribution in [0.4, 0.5) is 11.4 Å². The highest BCUT2D eigenvalue weighted by molar-refractivity contribution is 7.92. The largest absolute Gasteiger partial charge is 0.370 e. The van der Waals surface area contributed by atoms with E-state index in [0.29, 0.717) is 11.4 Å². The average molecular weight is 287 g/mol. The maximum absolute atomic E-state index is 11.7. The van der Waals surface area contributed by atoms with Gasteiger partial charge >= 0.3 is 0 Å². The molecule has 1 aromatic carbocycles. The number of ether oxygens (including phenoxy) is 1. The molecule has 0 aliphatic carbocycles. The van der Waals surface area contributed by atoms with Crippen LogP contribution >= 0.6 is 0 Å². The Morgan fingerprint density at radius 3 is 2.58 bits per heavy atom. The minimum absolute atomic E-state index is 0.0591. The van der Waals surface area contributed by atoms with Gasteiger partial charge in [-0.05, 0) is 18.2 Å². The van der Waals surface area contributed by atoms with Crippen LogP contribution in [0.3, 0.4) is 0 Å². The van der Waals surface area contributed by atoms with Crippen molar-refractivity contribution in [3.63, 3.8) is 0 Å². The summed E-state index contributed by atoms with van der Waals surface area (Å²) < 4.78 is 29.4. The number of nitrogens with two attached hydrogens (primary N) is 1. The standard InChI is InChI=1S/C11H17N3O4S/c1-18-10(7-12)11(15)13-8-4-3-5-9(6-8)14-19(2,16)17/h3-6,10,14H,7,12H2,1-2H3,(H,13,15). The molecule has 1 amide bonds. The molecule has 0 aliphatic heterocycles. The minimum atomic E-state index is -3.36. The van der Waals surface area contributed by atoms with Crippen molar-refractivity contribution >= 4 is 27.3 Å². The molecule has 1 aromatic rings. The van der Waals surface area contributed by atoms with Crippen LogP contribution in [0.25, 0.3) is 0 Å². The average Bonchev–Trinajstić information content (AvgIpc) is 2.28. The number of rotatable bonds is 6. The SMILES string of the molecule is COC(CN)C(=O)Nc1cccc(NS(C)(=O)=O)c1. The monoisotopic (exact) mass is 287 g/mol. The molecule has 0 saturated carbocycles. The van der Waals surface area contributed by atoms with E-state index < -0.39 is 16.1 Å². The predicted octanol–water partition coefficient (Wildman–Crippen LogP) is -0.0297. The van der Waals surface area contributed by atoms with E-state index in [1.54, 1.807) is 18.2 Å². The quantitative estimate of drug-likeness (QED) is 0.680. The van der Waals surface area contributed by atoms with Gasteiger partial charge in [0.25, 0.3) is 5.91 Å². The Bertz CT molecular complexity index is 541. The van der Waals surface area contributed by atoms with Gasteiger partial charge in [-0.25, -0.2) is 8.42 Å². The Morgan fingerprint density at radius 2 is 2.05 bits per heavy atom. The Morgan fingerprint density at radius 1 is 1.42 bits per heavy atom. The van der Waals surface area contributed by atoms with Crippen molar-refractivity contribution < 1.29 is 17.9 Å². The molecule has 0 fully saturated rings. The van der Waals surface area contributed by atoms with Gasteiger partial charge in [0, 0.05) is 19.3 Å². The summed E-state index contributed by atoms with van der Waals surface area (Å²) in [5, 5.41) is 2.59. The number of amides is 1. The number of hydrogen-bond acceptors (Lipinski definition) is 5. The van der Waals surface area contributed by atoms with E-state index >= 15 is 0 Å². The van der Waals surface area contributed by atoms with Crippen LogP contribution in [0, 0.1) is 0 Å². The van der Waals surface area contributed by atoms with E-state index in [1.807, 2.05) is 0 Å². The van der Waals surface area contributed by atoms with Gasteiger partial charge in [-0.1, -0.05) is 6.07 Å². The van der Waals surface area contributed by atoms with Crippen LogP contribution in [0.15, 0.2) is 24.3 Å². The van der Waals surface area contributed by atoms with Crippen molar-refractivity contribution in [1.29, 1.82) is 0 Å². The first-order valence-electron chi connectivity index (χ1n) is 5.47. The summed E-state index contributed by atoms with van der Waals surface area (Å²) in [5.74, 6) is -0.387. The zero-order chi connectivity index (χ0) is 14.5. The normalized spacial score (nSPS) is 12.8. The Hall–Kier alpha value is -1.64. The molecule has 0 bridgehead atoms. The van der Waals surface area contributed by atoms with Gasteiger partial charge in [-0.15, -0.1) is 0 Å². The van der Waals surface area contributed by atoms with Gasteiger partial charge in [0.15, 0.2) is 0 Å². The van der Waals surface area contributed by atoms with Gasteiger partial charge in [0.05, 0.1) is 11.9 Å². The molecule has 1 rings (SSSR count). The molecular formula is C11H17N3O4S. The lowest BCUT2D eigenvalue weighted by Crippen LogP contribution is -2.35. The summed E-state index contributed by atoms with van der Waals surface area (Å²) in [5.41, 5.74) is 6.19. The third-order valence-corrected chi connectivity index (χ3v) is 2.83. The molecule has 4 N–H and O–H groups in total. The number of methoxy groups -OCH3 is 1. The molecule has 0 aromatic heterocycles. The number of benzene rings is 1. The molecule has 1 unspecified atom stereocenters. The molecule has 1 atom stereocenters. The molecule has 0 radical (unpaired) electrons. The second kappa shape index (κ2) is 6.50. The Kier molecular flexibility index (Phi) is 5.28. The molecule has 0 heterocycles. The fourth-order valence-electron chi connectivity index (χ4n) is 1.41. The van der Waals surface area contributed by atoms with Crippen molar-refractivity contribution in [3.8, 4) is 0 Å². The van der Waals surface area contributed by atoms with E-state index in [1.165, 1.54) is 13.2 Å². The fraction of sp³-hybridized carbons (Fsp3) is 0.364. The fourth-order valence-corrected chi connectivity index (χ4v) is 1.96. The molecule has 8 heteroatoms. The molecule has 0 aliphatic rings. The van der Waals surface area contributed by atoms with Crippen molar-refractivity contribution in [3.05, 3.63) is 24.3 Å². The Labute approximate surface area is 112 Å². The van der Waals surface area contributed by atoms with Gasteiger partial charge in [0.2, 0.25) is 10.0 Å². The number of hydrogen-bond donors (Lipinski definition) is 3. The number of anilines is 2. The van der Waals surface area contributed by atoms with Crippen molar-refractivity contribution in [2.45, 2.75) is 6.10 Å². The summed E-state index contributed by atoms with van der Waals surface area (Å²) >= 11 is 0. The van der Waals surface area contributed by atoms with Gasteiger partial charge in [0.1, 0.15) is 6.10 Å². The minimum Gasteiger partial charge on any atom is -0.370 e. The second-order valence-electron chi connectivity index (χ2n) is 3.90. The summed E-state index contributed by atoms with van der Waals surface area (Å²) in [6, 6.07) is 6.33. The van der Waals surface area contributed by atoms with E-state index in [4.69, 9.17) is 10.5 Å². The van der Waals surface area contributed by atoms with Crippen LogP contribution in [0.5, 0.6) is 0 Å². The number of sulfonamides is 1. The van der Waals surface area contributed by atoms with Crippen molar-refractivity contribution in [1.82, 2.24) is 0 Å². The highest BCUT2D eigenvalue weighted by Crippen LogP contribution is 2.16. The van der Waals surface area contributed by atoms with E-state index in [-0.39, 0.29) is 12.5 Å². The van der Waals surface area contributed by atoms with Gasteiger partial charge in [-0.3, -0.25) is 9.52 Å². The first-order chi connectivity index (χ1) is 8.85. The lowest BCUT2D eigenvalue weighted by Gasteiger charge is -2.13. The van der Waals surface area contributed by atoms with Gasteiger partial charge < -0.3 is 15.8 Å². The third kappa shape index (κ3) is 5.25. The second-order valence-corrected chi connectivity index (χ2v) is 5.65. The highest BCUT2D eigenvalue weighted by Gasteiger charge is 2.15. The van der Waals surface area contributed by atoms with E-state index in [0.717, 1.165) is 6.26 Å². The zero-order valence-corrected chi connectivity index (χ0v) is 11.5. The van der Waals surface area contributed by atoms with Crippen LogP contribution < -0.4 is 15.8 Å². The van der Waals surface area contributed by atoms with Crippen LogP contribution in [-0.2, 0) is 19.6 Å². The van der Waals surface area contributed by atoms with Gasteiger partial charge in [-0.2, -0.15) is 0 Å². The Balaban J connectivity index is 2.80.